The van der Waals surface area contributed by atoms with Crippen LogP contribution in [0, 0.1) is 4.84 Å². The van der Waals surface area contributed by atoms with Crippen LogP contribution in [-0.2, 0) is 4.79 Å². The summed E-state index contributed by atoms with van der Waals surface area (Å²) < 4.78 is 6.07. The van der Waals surface area contributed by atoms with Gasteiger partial charge in [0, 0.05) is 0 Å². The Morgan fingerprint density at radius 2 is 2.17 bits per heavy atom. The van der Waals surface area contributed by atoms with Crippen LogP contribution in [0.3, 0.4) is 0 Å². The van der Waals surface area contributed by atoms with Crippen LogP contribution in [0.15, 0.2) is 28.7 Å². The molecule has 1 unspecified atom stereocenters. The second-order valence-electron chi connectivity index (χ2n) is 4.58. The molecule has 3 rings (SSSR count). The maximum absolute atomic E-state index is 12.2. The lowest BCUT2D eigenvalue weighted by Crippen LogP contribution is -2.27. The Bertz CT molecular complexity index is 872. The van der Waals surface area contributed by atoms with Crippen LogP contribution in [0.5, 0.6) is 5.75 Å². The molecule has 1 aromatic heterocycles. The van der Waals surface area contributed by atoms with Gasteiger partial charge in [-0.05, 0) is 24.4 Å². The predicted octanol–water partition coefficient (Wildman–Crippen LogP) is 1.96. The van der Waals surface area contributed by atoms with E-state index in [1.165, 1.54) is 6.07 Å². The maximum Gasteiger partial charge on any atom is 0.294 e. The van der Waals surface area contributed by atoms with Crippen molar-refractivity contribution in [3.05, 3.63) is 29.1 Å². The van der Waals surface area contributed by atoms with Gasteiger partial charge in [-0.1, -0.05) is 23.9 Å². The third-order valence-electron chi connectivity index (χ3n) is 3.05. The Kier molecular flexibility index (Phi) is 4.01. The molecule has 1 saturated heterocycles. The highest BCUT2D eigenvalue weighted by Gasteiger charge is 2.34. The first-order valence-electron chi connectivity index (χ1n) is 6.39. The number of hydrogen-bond donors (Lipinski definition) is 2. The first-order valence-corrected chi connectivity index (χ1v) is 7.67. The number of phenols is 1. The third kappa shape index (κ3) is 3.03. The standard InChI is InChI=1S/C13H9N3O5S2/c17-7-4-2-1-3-6(7)11-15-16(13(22)21-11)9(18)5-8-10(19)14-12(20)23-8/h1-4,8,17H,5H2,(H,14,19,20). The minimum atomic E-state index is -0.817. The summed E-state index contributed by atoms with van der Waals surface area (Å²) in [6, 6.07) is 6.30. The van der Waals surface area contributed by atoms with Gasteiger partial charge in [-0.25, -0.2) is 0 Å². The summed E-state index contributed by atoms with van der Waals surface area (Å²) in [5, 5.41) is 14.5. The summed E-state index contributed by atoms with van der Waals surface area (Å²) in [6.45, 7) is 0. The number of aromatic hydroxyl groups is 1. The van der Waals surface area contributed by atoms with Gasteiger partial charge in [0.25, 0.3) is 21.9 Å². The van der Waals surface area contributed by atoms with Gasteiger partial charge in [0.2, 0.25) is 5.91 Å². The van der Waals surface area contributed by atoms with E-state index >= 15 is 0 Å². The highest BCUT2D eigenvalue weighted by Crippen LogP contribution is 2.28. The van der Waals surface area contributed by atoms with Gasteiger partial charge in [0.15, 0.2) is 0 Å². The largest absolute Gasteiger partial charge is 0.507 e. The molecule has 0 aliphatic carbocycles. The van der Waals surface area contributed by atoms with Crippen LogP contribution < -0.4 is 5.32 Å². The fourth-order valence-electron chi connectivity index (χ4n) is 1.97. The number of nitrogens with one attached hydrogen (secondary N) is 1. The molecule has 10 heteroatoms. The molecule has 0 radical (unpaired) electrons. The van der Waals surface area contributed by atoms with Crippen molar-refractivity contribution in [3.63, 3.8) is 0 Å². The molecule has 2 N–H and O–H groups in total. The highest BCUT2D eigenvalue weighted by molar-refractivity contribution is 8.15. The Labute approximate surface area is 138 Å². The normalized spacial score (nSPS) is 17.3. The number of hydrogen-bond acceptors (Lipinski definition) is 8. The van der Waals surface area contributed by atoms with Crippen LogP contribution in [0.1, 0.15) is 11.2 Å². The molecule has 1 fully saturated rings. The van der Waals surface area contributed by atoms with Crippen LogP contribution in [0.2, 0.25) is 0 Å². The van der Waals surface area contributed by atoms with Crippen molar-refractivity contribution in [1.82, 2.24) is 15.1 Å². The van der Waals surface area contributed by atoms with Gasteiger partial charge in [-0.15, -0.1) is 5.10 Å². The molecule has 2 amide bonds. The number of imide groups is 1. The van der Waals surface area contributed by atoms with Gasteiger partial charge in [0.05, 0.1) is 12.0 Å². The van der Waals surface area contributed by atoms with E-state index in [1.807, 2.05) is 0 Å². The Morgan fingerprint density at radius 1 is 1.43 bits per heavy atom. The van der Waals surface area contributed by atoms with E-state index in [0.717, 1.165) is 16.4 Å². The molecule has 2 aromatic rings. The van der Waals surface area contributed by atoms with Crippen molar-refractivity contribution in [2.24, 2.45) is 0 Å². The van der Waals surface area contributed by atoms with E-state index in [2.05, 4.69) is 10.4 Å². The second-order valence-corrected chi connectivity index (χ2v) is 6.11. The van der Waals surface area contributed by atoms with Crippen molar-refractivity contribution in [2.45, 2.75) is 11.7 Å². The molecular formula is C13H9N3O5S2. The SMILES string of the molecule is O=C1NC(=O)C(CC(=O)n2nc(-c3ccccc3O)oc2=S)S1. The van der Waals surface area contributed by atoms with Gasteiger partial charge >= 0.3 is 0 Å². The molecule has 0 spiro atoms. The third-order valence-corrected chi connectivity index (χ3v) is 4.28. The van der Waals surface area contributed by atoms with Crippen molar-refractivity contribution in [1.29, 1.82) is 0 Å². The van der Waals surface area contributed by atoms with E-state index in [4.69, 9.17) is 16.6 Å². The van der Waals surface area contributed by atoms with E-state index in [-0.39, 0.29) is 28.5 Å². The number of carbonyl (C=O) groups is 3. The zero-order chi connectivity index (χ0) is 16.6. The molecule has 2 heterocycles. The van der Waals surface area contributed by atoms with Crippen molar-refractivity contribution >= 4 is 41.0 Å². The fraction of sp³-hybridized carbons (Fsp3) is 0.154. The zero-order valence-electron chi connectivity index (χ0n) is 11.4. The quantitative estimate of drug-likeness (QED) is 0.807. The van der Waals surface area contributed by atoms with Gasteiger partial charge in [-0.3, -0.25) is 19.7 Å². The summed E-state index contributed by atoms with van der Waals surface area (Å²) in [7, 11) is 0. The summed E-state index contributed by atoms with van der Waals surface area (Å²) in [6.07, 6.45) is -0.247. The van der Waals surface area contributed by atoms with Crippen LogP contribution in [-0.4, -0.2) is 37.2 Å². The molecule has 1 aliphatic rings. The Balaban J connectivity index is 1.85. The van der Waals surface area contributed by atoms with Gasteiger partial charge in [0.1, 0.15) is 11.0 Å². The minimum Gasteiger partial charge on any atom is -0.507 e. The number of nitrogens with zero attached hydrogens (tertiary/aromatic N) is 2. The lowest BCUT2D eigenvalue weighted by Gasteiger charge is -2.02. The number of rotatable bonds is 3. The van der Waals surface area contributed by atoms with E-state index in [1.54, 1.807) is 18.2 Å². The minimum absolute atomic E-state index is 0.0129. The first-order chi connectivity index (χ1) is 11.0. The predicted molar refractivity (Wildman–Crippen MR) is 82.6 cm³/mol. The van der Waals surface area contributed by atoms with Crippen LogP contribution in [0.25, 0.3) is 11.5 Å². The topological polar surface area (TPSA) is 114 Å². The first kappa shape index (κ1) is 15.4. The molecule has 23 heavy (non-hydrogen) atoms. The number of para-hydroxylation sites is 1. The lowest BCUT2D eigenvalue weighted by atomic mass is 10.2. The summed E-state index contributed by atoms with van der Waals surface area (Å²) in [5.41, 5.74) is 0.285. The van der Waals surface area contributed by atoms with E-state index < -0.39 is 22.3 Å². The second kappa shape index (κ2) is 5.97. The number of aromatic nitrogens is 2. The molecule has 1 atom stereocenters. The fourth-order valence-corrected chi connectivity index (χ4v) is 3.00. The number of amides is 2. The number of phenolic OH excluding ortho intramolecular Hbond substituents is 1. The maximum atomic E-state index is 12.2. The van der Waals surface area contributed by atoms with Gasteiger partial charge < -0.3 is 9.52 Å². The molecule has 1 aliphatic heterocycles. The van der Waals surface area contributed by atoms with Crippen LogP contribution in [0.4, 0.5) is 4.79 Å². The van der Waals surface area contributed by atoms with E-state index in [9.17, 15) is 19.5 Å². The number of thioether (sulfide) groups is 1. The molecular weight excluding hydrogens is 342 g/mol. The van der Waals surface area contributed by atoms with Crippen LogP contribution >= 0.6 is 24.0 Å². The molecule has 118 valence electrons. The monoisotopic (exact) mass is 351 g/mol. The Morgan fingerprint density at radius 3 is 2.83 bits per heavy atom. The highest BCUT2D eigenvalue weighted by atomic mass is 32.2. The molecule has 8 nitrogen and oxygen atoms in total. The van der Waals surface area contributed by atoms with E-state index in [0.29, 0.717) is 0 Å². The number of benzene rings is 1. The summed E-state index contributed by atoms with van der Waals surface area (Å²) >= 11 is 5.68. The molecule has 1 aromatic carbocycles. The summed E-state index contributed by atoms with van der Waals surface area (Å²) in [5.74, 6) is -1.19. The smallest absolute Gasteiger partial charge is 0.294 e. The number of carbonyl (C=O) groups excluding carboxylic acids is 3. The average molecular weight is 351 g/mol. The van der Waals surface area contributed by atoms with Crippen molar-refractivity contribution in [2.75, 3.05) is 0 Å². The Hall–Kier alpha value is -2.46. The molecule has 0 saturated carbocycles. The van der Waals surface area contributed by atoms with Crippen molar-refractivity contribution in [3.8, 4) is 17.2 Å². The average Bonchev–Trinajstić information content (AvgIpc) is 3.02. The lowest BCUT2D eigenvalue weighted by molar-refractivity contribution is -0.119. The molecule has 0 bridgehead atoms. The van der Waals surface area contributed by atoms with Crippen molar-refractivity contribution < 1.29 is 23.9 Å². The summed E-state index contributed by atoms with van der Waals surface area (Å²) in [4.78, 5) is 34.6. The zero-order valence-corrected chi connectivity index (χ0v) is 13.0. The van der Waals surface area contributed by atoms with Gasteiger partial charge in [-0.2, -0.15) is 4.68 Å².